The molecule has 1 heterocycles. The van der Waals surface area contributed by atoms with Crippen LogP contribution in [-0.4, -0.2) is 34.0 Å². The van der Waals surface area contributed by atoms with Gasteiger partial charge in [-0.25, -0.2) is 0 Å². The molecule has 1 saturated heterocycles. The van der Waals surface area contributed by atoms with Gasteiger partial charge < -0.3 is 9.47 Å². The first-order chi connectivity index (χ1) is 13.5. The Morgan fingerprint density at radius 1 is 1.17 bits per heavy atom. The van der Waals surface area contributed by atoms with Crippen LogP contribution in [0.2, 0.25) is 0 Å². The number of hydrogen-bond acceptors (Lipinski definition) is 5. The number of ether oxygens (including phenoxy) is 2. The van der Waals surface area contributed by atoms with E-state index in [0.29, 0.717) is 13.2 Å². The van der Waals surface area contributed by atoms with Gasteiger partial charge in [-0.15, -0.1) is 0 Å². The summed E-state index contributed by atoms with van der Waals surface area (Å²) in [6, 6.07) is 6.73. The van der Waals surface area contributed by atoms with E-state index in [-0.39, 0.29) is 28.8 Å². The molecule has 29 heavy (non-hydrogen) atoms. The number of rotatable bonds is 6. The number of benzene rings is 1. The molecule has 2 aliphatic rings. The molecule has 1 aromatic rings. The van der Waals surface area contributed by atoms with Crippen LogP contribution in [-0.2, 0) is 23.8 Å². The van der Waals surface area contributed by atoms with Crippen molar-refractivity contribution in [3.05, 3.63) is 54.1 Å². The van der Waals surface area contributed by atoms with E-state index in [1.165, 1.54) is 0 Å². The largest absolute Gasteiger partial charge is 0.344 e. The maximum Gasteiger partial charge on any atom is 0.296 e. The van der Waals surface area contributed by atoms with Crippen LogP contribution >= 0.6 is 0 Å². The predicted octanol–water partition coefficient (Wildman–Crippen LogP) is 4.63. The summed E-state index contributed by atoms with van der Waals surface area (Å²) < 4.78 is 42.0. The summed E-state index contributed by atoms with van der Waals surface area (Å²) in [6.45, 7) is 13.7. The molecule has 0 aromatic heterocycles. The van der Waals surface area contributed by atoms with Gasteiger partial charge in [0.25, 0.3) is 10.1 Å². The van der Waals surface area contributed by atoms with Crippen LogP contribution in [0.15, 0.2) is 53.5 Å². The van der Waals surface area contributed by atoms with Gasteiger partial charge in [-0.05, 0) is 56.2 Å². The van der Waals surface area contributed by atoms with E-state index in [0.717, 1.165) is 24.0 Å². The first-order valence-electron chi connectivity index (χ1n) is 10.1. The van der Waals surface area contributed by atoms with E-state index in [9.17, 15) is 8.42 Å². The number of hydrogen-bond donors (Lipinski definition) is 0. The lowest BCUT2D eigenvalue weighted by Crippen LogP contribution is -2.40. The third-order valence-corrected chi connectivity index (χ3v) is 7.59. The molecule has 2 atom stereocenters. The molecule has 1 aliphatic carbocycles. The Morgan fingerprint density at radius 2 is 1.79 bits per heavy atom. The average molecular weight is 421 g/mol. The van der Waals surface area contributed by atoms with Crippen LogP contribution in [0, 0.1) is 24.2 Å². The van der Waals surface area contributed by atoms with Crippen molar-refractivity contribution in [3.63, 3.8) is 0 Å². The maximum absolute atomic E-state index is 12.6. The Bertz CT molecular complexity index is 861. The first-order valence-corrected chi connectivity index (χ1v) is 11.6. The van der Waals surface area contributed by atoms with Crippen LogP contribution in [0.1, 0.15) is 39.2 Å². The summed E-state index contributed by atoms with van der Waals surface area (Å²) in [4.78, 5) is 0.195. The molecule has 1 aliphatic heterocycles. The molecule has 160 valence electrons. The van der Waals surface area contributed by atoms with Crippen molar-refractivity contribution < 1.29 is 22.1 Å². The third kappa shape index (κ3) is 5.00. The Labute approximate surface area is 174 Å². The fraction of sp³-hybridized carbons (Fsp3) is 0.565. The highest BCUT2D eigenvalue weighted by atomic mass is 32.2. The molecule has 0 spiro atoms. The van der Waals surface area contributed by atoms with Gasteiger partial charge in [0, 0.05) is 5.92 Å². The molecular formula is C23H32O5S. The van der Waals surface area contributed by atoms with Crippen LogP contribution in [0.3, 0.4) is 0 Å². The zero-order chi connectivity index (χ0) is 21.3. The molecule has 0 bridgehead atoms. The van der Waals surface area contributed by atoms with Gasteiger partial charge in [0.15, 0.2) is 5.79 Å². The predicted molar refractivity (Wildman–Crippen MR) is 113 cm³/mol. The van der Waals surface area contributed by atoms with Crippen molar-refractivity contribution in [3.8, 4) is 0 Å². The average Bonchev–Trinajstić information content (AvgIpc) is 3.07. The van der Waals surface area contributed by atoms with Crippen molar-refractivity contribution in [1.82, 2.24) is 0 Å². The Kier molecular flexibility index (Phi) is 6.39. The molecule has 5 nitrogen and oxygen atoms in total. The smallest absolute Gasteiger partial charge is 0.296 e. The molecule has 1 aromatic carbocycles. The van der Waals surface area contributed by atoms with Crippen molar-refractivity contribution in [2.24, 2.45) is 17.3 Å². The number of allylic oxidation sites excluding steroid dienone is 2. The van der Waals surface area contributed by atoms with Gasteiger partial charge in [0.1, 0.15) is 0 Å². The highest BCUT2D eigenvalue weighted by Crippen LogP contribution is 2.48. The molecule has 0 N–H and O–H groups in total. The quantitative estimate of drug-likeness (QED) is 0.496. The van der Waals surface area contributed by atoms with E-state index < -0.39 is 15.9 Å². The van der Waals surface area contributed by atoms with Gasteiger partial charge in [0.05, 0.1) is 24.7 Å². The molecular weight excluding hydrogens is 388 g/mol. The molecule has 6 heteroatoms. The molecule has 0 radical (unpaired) electrons. The van der Waals surface area contributed by atoms with Crippen LogP contribution < -0.4 is 0 Å². The Balaban J connectivity index is 1.71. The van der Waals surface area contributed by atoms with Crippen LogP contribution in [0.4, 0.5) is 0 Å². The molecule has 0 amide bonds. The minimum atomic E-state index is -3.77. The Morgan fingerprint density at radius 3 is 2.41 bits per heavy atom. The highest BCUT2D eigenvalue weighted by molar-refractivity contribution is 7.86. The van der Waals surface area contributed by atoms with Gasteiger partial charge in [-0.1, -0.05) is 49.8 Å². The second kappa shape index (κ2) is 8.34. The maximum atomic E-state index is 12.6. The lowest BCUT2D eigenvalue weighted by atomic mass is 9.60. The molecule has 0 unspecified atom stereocenters. The lowest BCUT2D eigenvalue weighted by Gasteiger charge is -2.45. The van der Waals surface area contributed by atoms with E-state index in [4.69, 9.17) is 13.7 Å². The summed E-state index contributed by atoms with van der Waals surface area (Å²) in [7, 11) is -3.77. The van der Waals surface area contributed by atoms with Crippen LogP contribution in [0.5, 0.6) is 0 Å². The Hall–Kier alpha value is -1.47. The minimum absolute atomic E-state index is 0.0843. The highest BCUT2D eigenvalue weighted by Gasteiger charge is 2.42. The second-order valence-electron chi connectivity index (χ2n) is 8.82. The fourth-order valence-electron chi connectivity index (χ4n) is 4.19. The van der Waals surface area contributed by atoms with Crippen molar-refractivity contribution >= 4 is 10.1 Å². The van der Waals surface area contributed by atoms with Gasteiger partial charge in [-0.3, -0.25) is 4.18 Å². The first kappa shape index (κ1) is 22.2. The second-order valence-corrected chi connectivity index (χ2v) is 10.4. The summed E-state index contributed by atoms with van der Waals surface area (Å²) in [5, 5.41) is 0. The zero-order valence-electron chi connectivity index (χ0n) is 17.8. The SMILES string of the molecule is C=C1CC[C@H](COS(=O)(=O)c2ccc(C)cc2)C(C)(C)[C@@H]1/C=C/C1(C)OCCO1. The van der Waals surface area contributed by atoms with Crippen molar-refractivity contribution in [2.45, 2.75) is 51.2 Å². The lowest BCUT2D eigenvalue weighted by molar-refractivity contribution is -0.100. The minimum Gasteiger partial charge on any atom is -0.344 e. The van der Waals surface area contributed by atoms with Gasteiger partial charge >= 0.3 is 0 Å². The third-order valence-electron chi connectivity index (χ3n) is 6.29. The van der Waals surface area contributed by atoms with Gasteiger partial charge in [0.2, 0.25) is 0 Å². The standard InChI is InChI=1S/C23H32O5S/c1-17-6-10-20(11-7-17)29(24,25)28-16-19-9-8-18(2)21(22(19,3)4)12-13-23(5)26-14-15-27-23/h6-7,10-13,19,21H,2,8-9,14-16H2,1,3-5H3/b13-12+/t19-,21-/m1/s1. The fourth-order valence-corrected chi connectivity index (χ4v) is 5.14. The normalized spacial score (nSPS) is 26.8. The monoisotopic (exact) mass is 420 g/mol. The van der Waals surface area contributed by atoms with Crippen molar-refractivity contribution in [2.75, 3.05) is 19.8 Å². The summed E-state index contributed by atoms with van der Waals surface area (Å²) >= 11 is 0. The van der Waals surface area contributed by atoms with Gasteiger partial charge in [-0.2, -0.15) is 8.42 Å². The molecule has 2 fully saturated rings. The molecule has 1 saturated carbocycles. The summed E-state index contributed by atoms with van der Waals surface area (Å²) in [5.41, 5.74) is 1.95. The van der Waals surface area contributed by atoms with E-state index in [1.807, 2.05) is 19.9 Å². The topological polar surface area (TPSA) is 61.8 Å². The number of aryl methyl sites for hydroxylation is 1. The van der Waals surface area contributed by atoms with E-state index >= 15 is 0 Å². The summed E-state index contributed by atoms with van der Waals surface area (Å²) in [6.07, 6.45) is 5.76. The van der Waals surface area contributed by atoms with Crippen molar-refractivity contribution in [1.29, 1.82) is 0 Å². The zero-order valence-corrected chi connectivity index (χ0v) is 18.6. The summed E-state index contributed by atoms with van der Waals surface area (Å²) in [5.74, 6) is -0.521. The molecule has 3 rings (SSSR count). The van der Waals surface area contributed by atoms with E-state index in [2.05, 4.69) is 26.5 Å². The van der Waals surface area contributed by atoms with E-state index in [1.54, 1.807) is 24.3 Å². The van der Waals surface area contributed by atoms with Crippen LogP contribution in [0.25, 0.3) is 0 Å².